The van der Waals surface area contributed by atoms with Crippen molar-refractivity contribution >= 4 is 23.0 Å². The number of anilines is 2. The van der Waals surface area contributed by atoms with Gasteiger partial charge in [0.25, 0.3) is 11.6 Å². The molecule has 0 saturated heterocycles. The van der Waals surface area contributed by atoms with Crippen molar-refractivity contribution in [3.8, 4) is 0 Å². The Bertz CT molecular complexity index is 814. The van der Waals surface area contributed by atoms with Crippen LogP contribution in [0.25, 0.3) is 0 Å². The molecule has 2 aromatic carbocycles. The molecular weight excluding hydrogens is 330 g/mol. The highest BCUT2D eigenvalue weighted by atomic mass is 16.6. The Balaban J connectivity index is 1.78. The quantitative estimate of drug-likeness (QED) is 0.591. The molecule has 1 amide bonds. The molecule has 3 rings (SSSR count). The van der Waals surface area contributed by atoms with E-state index in [2.05, 4.69) is 10.6 Å². The number of hydrogen-bond acceptors (Lipinski definition) is 4. The predicted molar refractivity (Wildman–Crippen MR) is 103 cm³/mol. The van der Waals surface area contributed by atoms with Crippen LogP contribution in [-0.2, 0) is 0 Å². The fourth-order valence-electron chi connectivity index (χ4n) is 3.34. The van der Waals surface area contributed by atoms with E-state index < -0.39 is 4.92 Å². The number of carbonyl (C=O) groups excluding carboxylic acids is 1. The molecule has 2 N–H and O–H groups in total. The summed E-state index contributed by atoms with van der Waals surface area (Å²) in [5.74, 6) is -0.358. The molecule has 0 aliphatic heterocycles. The molecule has 26 heavy (non-hydrogen) atoms. The Morgan fingerprint density at radius 2 is 1.88 bits per heavy atom. The van der Waals surface area contributed by atoms with Crippen LogP contribution in [0.3, 0.4) is 0 Å². The average molecular weight is 353 g/mol. The van der Waals surface area contributed by atoms with Crippen LogP contribution < -0.4 is 10.6 Å². The molecule has 0 atom stereocenters. The van der Waals surface area contributed by atoms with Gasteiger partial charge in [-0.1, -0.05) is 31.4 Å². The summed E-state index contributed by atoms with van der Waals surface area (Å²) in [5, 5.41) is 17.5. The van der Waals surface area contributed by atoms with E-state index in [4.69, 9.17) is 0 Å². The maximum absolute atomic E-state index is 12.4. The van der Waals surface area contributed by atoms with Crippen LogP contribution in [0.2, 0.25) is 0 Å². The highest BCUT2D eigenvalue weighted by Gasteiger charge is 2.21. The molecule has 6 heteroatoms. The minimum absolute atomic E-state index is 0.0625. The molecule has 0 heterocycles. The van der Waals surface area contributed by atoms with E-state index in [1.54, 1.807) is 18.2 Å². The summed E-state index contributed by atoms with van der Waals surface area (Å²) >= 11 is 0. The summed E-state index contributed by atoms with van der Waals surface area (Å²) in [4.78, 5) is 23.5. The highest BCUT2D eigenvalue weighted by molar-refractivity contribution is 6.05. The Labute approximate surface area is 152 Å². The number of nitrogens with one attached hydrogen (secondary N) is 2. The zero-order valence-corrected chi connectivity index (χ0v) is 14.8. The average Bonchev–Trinajstić information content (AvgIpc) is 2.62. The lowest BCUT2D eigenvalue weighted by atomic mass is 9.95. The zero-order valence-electron chi connectivity index (χ0n) is 14.8. The maximum atomic E-state index is 12.4. The van der Waals surface area contributed by atoms with Crippen molar-refractivity contribution in [2.45, 2.75) is 45.1 Å². The van der Waals surface area contributed by atoms with Gasteiger partial charge in [-0.3, -0.25) is 14.9 Å². The summed E-state index contributed by atoms with van der Waals surface area (Å²) in [6.45, 7) is 1.94. The summed E-state index contributed by atoms with van der Waals surface area (Å²) in [5.41, 5.74) is 2.39. The number of aryl methyl sites for hydroxylation is 1. The number of benzene rings is 2. The molecule has 0 aromatic heterocycles. The lowest BCUT2D eigenvalue weighted by Gasteiger charge is -2.23. The van der Waals surface area contributed by atoms with Gasteiger partial charge in [-0.15, -0.1) is 0 Å². The van der Waals surface area contributed by atoms with E-state index in [0.29, 0.717) is 11.4 Å². The van der Waals surface area contributed by atoms with Gasteiger partial charge in [0.2, 0.25) is 0 Å². The van der Waals surface area contributed by atoms with Crippen molar-refractivity contribution in [1.82, 2.24) is 0 Å². The van der Waals surface area contributed by atoms with Crippen LogP contribution in [0.1, 0.15) is 48.0 Å². The van der Waals surface area contributed by atoms with Crippen molar-refractivity contribution in [2.75, 3.05) is 10.6 Å². The maximum Gasteiger partial charge on any atom is 0.293 e. The molecule has 136 valence electrons. The predicted octanol–water partition coefficient (Wildman–Crippen LogP) is 4.90. The summed E-state index contributed by atoms with van der Waals surface area (Å²) in [6, 6.07) is 12.3. The van der Waals surface area contributed by atoms with Gasteiger partial charge in [0.05, 0.1) is 4.92 Å². The number of nitro benzene ring substituents is 1. The zero-order chi connectivity index (χ0) is 18.5. The Kier molecular flexibility index (Phi) is 5.51. The minimum Gasteiger partial charge on any atom is -0.377 e. The van der Waals surface area contributed by atoms with E-state index in [9.17, 15) is 14.9 Å². The van der Waals surface area contributed by atoms with Crippen molar-refractivity contribution < 1.29 is 9.72 Å². The molecule has 1 fully saturated rings. The van der Waals surface area contributed by atoms with Crippen LogP contribution in [0.5, 0.6) is 0 Å². The summed E-state index contributed by atoms with van der Waals surface area (Å²) in [7, 11) is 0. The Hall–Kier alpha value is -2.89. The smallest absolute Gasteiger partial charge is 0.293 e. The van der Waals surface area contributed by atoms with Gasteiger partial charge in [0.1, 0.15) is 5.69 Å². The third kappa shape index (κ3) is 4.39. The molecular formula is C20H23N3O3. The molecule has 1 aliphatic carbocycles. The lowest BCUT2D eigenvalue weighted by Crippen LogP contribution is -2.23. The third-order valence-corrected chi connectivity index (χ3v) is 4.70. The Morgan fingerprint density at radius 3 is 2.58 bits per heavy atom. The van der Waals surface area contributed by atoms with Crippen LogP contribution in [-0.4, -0.2) is 16.9 Å². The normalized spacial score (nSPS) is 14.7. The van der Waals surface area contributed by atoms with Crippen LogP contribution in [0, 0.1) is 17.0 Å². The van der Waals surface area contributed by atoms with Crippen molar-refractivity contribution in [3.05, 3.63) is 63.7 Å². The monoisotopic (exact) mass is 353 g/mol. The van der Waals surface area contributed by atoms with E-state index in [-0.39, 0.29) is 23.2 Å². The molecule has 1 aliphatic rings. The first kappa shape index (κ1) is 17.9. The molecule has 0 radical (unpaired) electrons. The number of nitro groups is 1. The molecule has 0 spiro atoms. The SMILES string of the molecule is Cc1cccc(NC(=O)c2ccc(NC3CCCCC3)c([N+](=O)[O-])c2)c1. The van der Waals surface area contributed by atoms with E-state index in [1.165, 1.54) is 12.5 Å². The van der Waals surface area contributed by atoms with Gasteiger partial charge in [-0.2, -0.15) is 0 Å². The van der Waals surface area contributed by atoms with Crippen molar-refractivity contribution in [3.63, 3.8) is 0 Å². The topological polar surface area (TPSA) is 84.3 Å². The second-order valence-electron chi connectivity index (χ2n) is 6.79. The summed E-state index contributed by atoms with van der Waals surface area (Å²) < 4.78 is 0. The number of nitrogens with zero attached hydrogens (tertiary/aromatic N) is 1. The third-order valence-electron chi connectivity index (χ3n) is 4.70. The number of amides is 1. The van der Waals surface area contributed by atoms with Gasteiger partial charge in [0, 0.05) is 23.4 Å². The first-order valence-electron chi connectivity index (χ1n) is 8.96. The van der Waals surface area contributed by atoms with Gasteiger partial charge in [0.15, 0.2) is 0 Å². The number of hydrogen-bond donors (Lipinski definition) is 2. The van der Waals surface area contributed by atoms with Crippen molar-refractivity contribution in [2.24, 2.45) is 0 Å². The first-order valence-corrected chi connectivity index (χ1v) is 8.96. The molecule has 2 aromatic rings. The standard InChI is InChI=1S/C20H23N3O3/c1-14-6-5-9-17(12-14)22-20(24)15-10-11-18(19(13-15)23(25)26)21-16-7-3-2-4-8-16/h5-6,9-13,16,21H,2-4,7-8H2,1H3,(H,22,24). The van der Waals surface area contributed by atoms with Crippen LogP contribution in [0.15, 0.2) is 42.5 Å². The van der Waals surface area contributed by atoms with Gasteiger partial charge < -0.3 is 10.6 Å². The van der Waals surface area contributed by atoms with E-state index in [0.717, 1.165) is 31.2 Å². The second-order valence-corrected chi connectivity index (χ2v) is 6.79. The molecule has 0 unspecified atom stereocenters. The van der Waals surface area contributed by atoms with Crippen molar-refractivity contribution in [1.29, 1.82) is 0 Å². The molecule has 1 saturated carbocycles. The van der Waals surface area contributed by atoms with E-state index in [1.807, 2.05) is 25.1 Å². The lowest BCUT2D eigenvalue weighted by molar-refractivity contribution is -0.384. The first-order chi connectivity index (χ1) is 12.5. The number of carbonyl (C=O) groups is 1. The van der Waals surface area contributed by atoms with Crippen LogP contribution >= 0.6 is 0 Å². The minimum atomic E-state index is -0.436. The summed E-state index contributed by atoms with van der Waals surface area (Å²) in [6.07, 6.45) is 5.54. The molecule has 0 bridgehead atoms. The van der Waals surface area contributed by atoms with Crippen LogP contribution in [0.4, 0.5) is 17.1 Å². The second kappa shape index (κ2) is 7.99. The largest absolute Gasteiger partial charge is 0.377 e. The Morgan fingerprint density at radius 1 is 1.12 bits per heavy atom. The fraction of sp³-hybridized carbons (Fsp3) is 0.350. The molecule has 6 nitrogen and oxygen atoms in total. The van der Waals surface area contributed by atoms with Gasteiger partial charge in [-0.05, 0) is 49.6 Å². The fourth-order valence-corrected chi connectivity index (χ4v) is 3.34. The van der Waals surface area contributed by atoms with E-state index >= 15 is 0 Å². The highest BCUT2D eigenvalue weighted by Crippen LogP contribution is 2.29. The van der Waals surface area contributed by atoms with Gasteiger partial charge >= 0.3 is 0 Å². The van der Waals surface area contributed by atoms with Gasteiger partial charge in [-0.25, -0.2) is 0 Å². The number of rotatable bonds is 5.